The number of hydrogen-bond donors (Lipinski definition) is 1. The molecule has 1 aromatic rings. The first-order valence-electron chi connectivity index (χ1n) is 6.80. The van der Waals surface area contributed by atoms with Crippen molar-refractivity contribution >= 4 is 5.91 Å². The van der Waals surface area contributed by atoms with E-state index in [0.717, 1.165) is 24.8 Å². The number of nitrogens with zero attached hydrogens (tertiary/aromatic N) is 1. The van der Waals surface area contributed by atoms with Gasteiger partial charge in [-0.2, -0.15) is 0 Å². The quantitative estimate of drug-likeness (QED) is 0.865. The highest BCUT2D eigenvalue weighted by molar-refractivity contribution is 5.84. The lowest BCUT2D eigenvalue weighted by atomic mass is 9.84. The summed E-state index contributed by atoms with van der Waals surface area (Å²) in [5.74, 6) is 0.0886. The normalized spacial score (nSPS) is 31.5. The molecule has 3 atom stereocenters. The lowest BCUT2D eigenvalue weighted by molar-refractivity contribution is -0.136. The van der Waals surface area contributed by atoms with E-state index in [1.165, 1.54) is 6.42 Å². The van der Waals surface area contributed by atoms with Gasteiger partial charge in [-0.15, -0.1) is 0 Å². The van der Waals surface area contributed by atoms with Crippen LogP contribution in [0.15, 0.2) is 30.3 Å². The summed E-state index contributed by atoms with van der Waals surface area (Å²) < 4.78 is 0. The van der Waals surface area contributed by atoms with E-state index in [1.54, 1.807) is 0 Å². The van der Waals surface area contributed by atoms with Gasteiger partial charge in [0.2, 0.25) is 0 Å². The molecule has 0 aromatic heterocycles. The van der Waals surface area contributed by atoms with E-state index in [4.69, 9.17) is 0 Å². The molecule has 3 heteroatoms. The van der Waals surface area contributed by atoms with E-state index < -0.39 is 6.10 Å². The van der Waals surface area contributed by atoms with E-state index in [-0.39, 0.29) is 17.9 Å². The van der Waals surface area contributed by atoms with E-state index in [2.05, 4.69) is 0 Å². The molecular formula is C15H19NO2. The second-order valence-electron chi connectivity index (χ2n) is 5.41. The molecule has 2 aliphatic rings. The molecule has 18 heavy (non-hydrogen) atoms. The average Bonchev–Trinajstić information content (AvgIpc) is 2.66. The standard InChI is InChI=1S/C15H19NO2/c17-14-12-8-4-5-9-13(12)16(15(14)18)10-11-6-2-1-3-7-11/h1-3,6-7,12-14,17H,4-5,8-10H2/t12-,13+,14+/m0/s1. The number of likely N-dealkylation sites (tertiary alicyclic amines) is 1. The maximum Gasteiger partial charge on any atom is 0.252 e. The maximum atomic E-state index is 12.2. The topological polar surface area (TPSA) is 40.5 Å². The summed E-state index contributed by atoms with van der Waals surface area (Å²) in [6.45, 7) is 0.637. The second kappa shape index (κ2) is 4.73. The van der Waals surface area contributed by atoms with Crippen LogP contribution in [-0.2, 0) is 11.3 Å². The van der Waals surface area contributed by atoms with Crippen molar-refractivity contribution in [3.63, 3.8) is 0 Å². The number of carbonyl (C=O) groups excluding carboxylic acids is 1. The molecule has 1 heterocycles. The molecule has 0 unspecified atom stereocenters. The van der Waals surface area contributed by atoms with Crippen LogP contribution in [0.3, 0.4) is 0 Å². The largest absolute Gasteiger partial charge is 0.383 e. The van der Waals surface area contributed by atoms with Crippen molar-refractivity contribution in [3.05, 3.63) is 35.9 Å². The Hall–Kier alpha value is -1.35. The summed E-state index contributed by atoms with van der Waals surface area (Å²) in [6, 6.07) is 10.3. The number of fused-ring (bicyclic) bond motifs is 1. The summed E-state index contributed by atoms with van der Waals surface area (Å²) in [6.07, 6.45) is 3.58. The fourth-order valence-corrected chi connectivity index (χ4v) is 3.39. The number of benzene rings is 1. The third kappa shape index (κ3) is 1.93. The van der Waals surface area contributed by atoms with Gasteiger partial charge < -0.3 is 10.0 Å². The van der Waals surface area contributed by atoms with Crippen LogP contribution in [0.1, 0.15) is 31.2 Å². The Bertz CT molecular complexity index is 431. The molecule has 1 aliphatic heterocycles. The summed E-state index contributed by atoms with van der Waals surface area (Å²) in [5, 5.41) is 10.1. The Morgan fingerprint density at radius 1 is 1.17 bits per heavy atom. The molecule has 1 saturated heterocycles. The van der Waals surface area contributed by atoms with Crippen molar-refractivity contribution in [3.8, 4) is 0 Å². The fraction of sp³-hybridized carbons (Fsp3) is 0.533. The lowest BCUT2D eigenvalue weighted by Gasteiger charge is -2.31. The first-order valence-corrected chi connectivity index (χ1v) is 6.80. The van der Waals surface area contributed by atoms with Gasteiger partial charge in [-0.25, -0.2) is 0 Å². The van der Waals surface area contributed by atoms with Crippen LogP contribution in [0.4, 0.5) is 0 Å². The Kier molecular flexibility index (Phi) is 3.08. The zero-order valence-electron chi connectivity index (χ0n) is 10.5. The Morgan fingerprint density at radius 3 is 2.67 bits per heavy atom. The average molecular weight is 245 g/mol. The third-order valence-electron chi connectivity index (χ3n) is 4.32. The Balaban J connectivity index is 1.80. The summed E-state index contributed by atoms with van der Waals surface area (Å²) in [4.78, 5) is 14.0. The van der Waals surface area contributed by atoms with Gasteiger partial charge in [0, 0.05) is 18.5 Å². The first kappa shape index (κ1) is 11.7. The molecule has 3 rings (SSSR count). The Labute approximate surface area is 107 Å². The third-order valence-corrected chi connectivity index (χ3v) is 4.32. The molecular weight excluding hydrogens is 226 g/mol. The minimum Gasteiger partial charge on any atom is -0.383 e. The van der Waals surface area contributed by atoms with Gasteiger partial charge in [-0.3, -0.25) is 4.79 Å². The predicted molar refractivity (Wildman–Crippen MR) is 68.7 cm³/mol. The molecule has 1 saturated carbocycles. The van der Waals surface area contributed by atoms with Gasteiger partial charge in [0.05, 0.1) is 0 Å². The van der Waals surface area contributed by atoms with Gasteiger partial charge in [-0.05, 0) is 18.4 Å². The van der Waals surface area contributed by atoms with Crippen LogP contribution in [0.5, 0.6) is 0 Å². The molecule has 1 aromatic carbocycles. The number of carbonyl (C=O) groups is 1. The predicted octanol–water partition coefficient (Wildman–Crippen LogP) is 1.95. The molecule has 0 spiro atoms. The van der Waals surface area contributed by atoms with Crippen LogP contribution < -0.4 is 0 Å². The van der Waals surface area contributed by atoms with Crippen LogP contribution in [0.25, 0.3) is 0 Å². The van der Waals surface area contributed by atoms with Crippen molar-refractivity contribution in [2.75, 3.05) is 0 Å². The molecule has 1 N–H and O–H groups in total. The van der Waals surface area contributed by atoms with Gasteiger partial charge in [-0.1, -0.05) is 43.2 Å². The minimum absolute atomic E-state index is 0.0734. The van der Waals surface area contributed by atoms with E-state index in [1.807, 2.05) is 35.2 Å². The van der Waals surface area contributed by atoms with Gasteiger partial charge >= 0.3 is 0 Å². The first-order chi connectivity index (χ1) is 8.77. The zero-order valence-corrected chi connectivity index (χ0v) is 10.5. The number of hydrogen-bond acceptors (Lipinski definition) is 2. The monoisotopic (exact) mass is 245 g/mol. The van der Waals surface area contributed by atoms with Crippen molar-refractivity contribution in [1.82, 2.24) is 4.90 Å². The van der Waals surface area contributed by atoms with Crippen molar-refractivity contribution in [1.29, 1.82) is 0 Å². The maximum absolute atomic E-state index is 12.2. The summed E-state index contributed by atoms with van der Waals surface area (Å²) >= 11 is 0. The number of aliphatic hydroxyl groups is 1. The van der Waals surface area contributed by atoms with Crippen LogP contribution >= 0.6 is 0 Å². The zero-order chi connectivity index (χ0) is 12.5. The lowest BCUT2D eigenvalue weighted by Crippen LogP contribution is -2.36. The van der Waals surface area contributed by atoms with Gasteiger partial charge in [0.15, 0.2) is 0 Å². The molecule has 1 amide bonds. The number of amides is 1. The van der Waals surface area contributed by atoms with Crippen LogP contribution in [0.2, 0.25) is 0 Å². The van der Waals surface area contributed by atoms with Crippen LogP contribution in [0, 0.1) is 5.92 Å². The molecule has 96 valence electrons. The molecule has 0 radical (unpaired) electrons. The van der Waals surface area contributed by atoms with E-state index in [0.29, 0.717) is 6.54 Å². The Morgan fingerprint density at radius 2 is 1.89 bits per heavy atom. The molecule has 2 fully saturated rings. The van der Waals surface area contributed by atoms with Crippen molar-refractivity contribution in [2.45, 2.75) is 44.4 Å². The number of rotatable bonds is 2. The van der Waals surface area contributed by atoms with Crippen molar-refractivity contribution < 1.29 is 9.90 Å². The smallest absolute Gasteiger partial charge is 0.252 e. The second-order valence-corrected chi connectivity index (χ2v) is 5.41. The van der Waals surface area contributed by atoms with E-state index >= 15 is 0 Å². The molecule has 1 aliphatic carbocycles. The molecule has 3 nitrogen and oxygen atoms in total. The van der Waals surface area contributed by atoms with Gasteiger partial charge in [0.1, 0.15) is 6.10 Å². The summed E-state index contributed by atoms with van der Waals surface area (Å²) in [7, 11) is 0. The minimum atomic E-state index is -0.765. The van der Waals surface area contributed by atoms with Gasteiger partial charge in [0.25, 0.3) is 5.91 Å². The van der Waals surface area contributed by atoms with E-state index in [9.17, 15) is 9.90 Å². The van der Waals surface area contributed by atoms with Crippen LogP contribution in [-0.4, -0.2) is 28.1 Å². The molecule has 0 bridgehead atoms. The van der Waals surface area contributed by atoms with Crippen molar-refractivity contribution in [2.24, 2.45) is 5.92 Å². The fourth-order valence-electron chi connectivity index (χ4n) is 3.39. The highest BCUT2D eigenvalue weighted by atomic mass is 16.3. The highest BCUT2D eigenvalue weighted by Gasteiger charge is 2.47. The summed E-state index contributed by atoms with van der Waals surface area (Å²) in [5.41, 5.74) is 1.14. The highest BCUT2D eigenvalue weighted by Crippen LogP contribution is 2.37. The number of aliphatic hydroxyl groups excluding tert-OH is 1. The SMILES string of the molecule is O=C1[C@H](O)[C@H]2CCCC[C@H]2N1Cc1ccccc1.